The monoisotopic (exact) mass is 488 g/mol. The summed E-state index contributed by atoms with van der Waals surface area (Å²) in [5.74, 6) is 1.74. The number of nitrogens with zero attached hydrogens (tertiary/aromatic N) is 2. The number of halogens is 2. The Labute approximate surface area is 177 Å². The van der Waals surface area contributed by atoms with Crippen molar-refractivity contribution in [3.8, 4) is 5.75 Å². The van der Waals surface area contributed by atoms with Crippen molar-refractivity contribution >= 4 is 41.5 Å². The number of ether oxygens (including phenoxy) is 1. The maximum Gasteiger partial charge on any atom is 0.190 e. The predicted molar refractivity (Wildman–Crippen MR) is 119 cm³/mol. The van der Waals surface area contributed by atoms with E-state index in [-0.39, 0.29) is 24.0 Å². The van der Waals surface area contributed by atoms with Gasteiger partial charge in [-0.25, -0.2) is 4.98 Å². The standard InChI is InChI=1S/C19H25ClN4O.HI/c1-3-25-17-7-5-4-6-16(17)11-13-23-19(21-2)22-12-10-15-8-9-18(20)24-14-15;/h4-9,14H,3,10-13H2,1-2H3,(H2,21,22,23);1H. The number of pyridine rings is 1. The fourth-order valence-corrected chi connectivity index (χ4v) is 2.53. The molecule has 0 bridgehead atoms. The number of guanidine groups is 1. The van der Waals surface area contributed by atoms with Gasteiger partial charge in [-0.05, 0) is 43.0 Å². The first kappa shape index (κ1) is 22.5. The van der Waals surface area contributed by atoms with Crippen molar-refractivity contribution in [2.45, 2.75) is 19.8 Å². The van der Waals surface area contributed by atoms with Crippen molar-refractivity contribution in [3.63, 3.8) is 0 Å². The molecular weight excluding hydrogens is 463 g/mol. The third-order valence-corrected chi connectivity index (χ3v) is 3.90. The summed E-state index contributed by atoms with van der Waals surface area (Å²) < 4.78 is 5.65. The molecule has 26 heavy (non-hydrogen) atoms. The van der Waals surface area contributed by atoms with Crippen LogP contribution in [-0.4, -0.2) is 37.7 Å². The number of para-hydroxylation sites is 1. The third-order valence-electron chi connectivity index (χ3n) is 3.68. The average Bonchev–Trinajstić information content (AvgIpc) is 2.63. The van der Waals surface area contributed by atoms with Crippen LogP contribution in [0.25, 0.3) is 0 Å². The zero-order chi connectivity index (χ0) is 17.9. The molecular formula is C19H26ClIN4O. The number of aromatic nitrogens is 1. The van der Waals surface area contributed by atoms with E-state index in [9.17, 15) is 0 Å². The summed E-state index contributed by atoms with van der Waals surface area (Å²) in [4.78, 5) is 8.33. The number of benzene rings is 1. The molecule has 0 atom stereocenters. The Bertz CT molecular complexity index is 679. The fourth-order valence-electron chi connectivity index (χ4n) is 2.42. The molecule has 0 saturated carbocycles. The number of rotatable bonds is 8. The molecule has 0 aliphatic heterocycles. The molecule has 2 N–H and O–H groups in total. The van der Waals surface area contributed by atoms with Gasteiger partial charge in [0.25, 0.3) is 0 Å². The molecule has 0 unspecified atom stereocenters. The first-order valence-electron chi connectivity index (χ1n) is 8.48. The first-order chi connectivity index (χ1) is 12.2. The molecule has 1 heterocycles. The van der Waals surface area contributed by atoms with Gasteiger partial charge in [0.15, 0.2) is 5.96 Å². The van der Waals surface area contributed by atoms with Crippen LogP contribution in [0.4, 0.5) is 0 Å². The van der Waals surface area contributed by atoms with E-state index in [1.165, 1.54) is 5.56 Å². The van der Waals surface area contributed by atoms with Gasteiger partial charge in [0, 0.05) is 26.3 Å². The zero-order valence-corrected chi connectivity index (χ0v) is 18.3. The molecule has 0 amide bonds. The summed E-state index contributed by atoms with van der Waals surface area (Å²) in [6.07, 6.45) is 3.53. The van der Waals surface area contributed by atoms with E-state index >= 15 is 0 Å². The van der Waals surface area contributed by atoms with Crippen LogP contribution >= 0.6 is 35.6 Å². The number of hydrogen-bond acceptors (Lipinski definition) is 3. The molecule has 2 rings (SSSR count). The van der Waals surface area contributed by atoms with Crippen LogP contribution < -0.4 is 15.4 Å². The maximum absolute atomic E-state index is 5.79. The van der Waals surface area contributed by atoms with Gasteiger partial charge in [-0.3, -0.25) is 4.99 Å². The second-order valence-electron chi connectivity index (χ2n) is 5.46. The largest absolute Gasteiger partial charge is 0.494 e. The Balaban J connectivity index is 0.00000338. The molecule has 0 radical (unpaired) electrons. The Morgan fingerprint density at radius 3 is 2.50 bits per heavy atom. The molecule has 142 valence electrons. The van der Waals surface area contributed by atoms with Crippen LogP contribution in [0.15, 0.2) is 47.6 Å². The highest BCUT2D eigenvalue weighted by Crippen LogP contribution is 2.17. The molecule has 1 aromatic heterocycles. The predicted octanol–water partition coefficient (Wildman–Crippen LogP) is 3.70. The fraction of sp³-hybridized carbons (Fsp3) is 0.368. The highest BCUT2D eigenvalue weighted by atomic mass is 127. The van der Waals surface area contributed by atoms with Crippen LogP contribution in [0.5, 0.6) is 5.75 Å². The number of aliphatic imine (C=N–C) groups is 1. The minimum absolute atomic E-state index is 0. The normalized spacial score (nSPS) is 10.8. The minimum Gasteiger partial charge on any atom is -0.494 e. The van der Waals surface area contributed by atoms with E-state index in [1.54, 1.807) is 19.3 Å². The third kappa shape index (κ3) is 7.78. The summed E-state index contributed by atoms with van der Waals surface area (Å²) in [5, 5.41) is 7.15. The van der Waals surface area contributed by atoms with Gasteiger partial charge < -0.3 is 15.4 Å². The second-order valence-corrected chi connectivity index (χ2v) is 5.84. The lowest BCUT2D eigenvalue weighted by Crippen LogP contribution is -2.39. The summed E-state index contributed by atoms with van der Waals surface area (Å²) in [5.41, 5.74) is 2.33. The first-order valence-corrected chi connectivity index (χ1v) is 8.86. The van der Waals surface area contributed by atoms with Crippen molar-refractivity contribution in [1.29, 1.82) is 0 Å². The molecule has 7 heteroatoms. The highest BCUT2D eigenvalue weighted by molar-refractivity contribution is 14.0. The van der Waals surface area contributed by atoms with E-state index in [4.69, 9.17) is 16.3 Å². The van der Waals surface area contributed by atoms with Crippen LogP contribution in [0.2, 0.25) is 5.15 Å². The highest BCUT2D eigenvalue weighted by Gasteiger charge is 2.03. The topological polar surface area (TPSA) is 58.5 Å². The van der Waals surface area contributed by atoms with Gasteiger partial charge >= 0.3 is 0 Å². The lowest BCUT2D eigenvalue weighted by Gasteiger charge is -2.13. The Kier molecular flexibility index (Phi) is 11.0. The van der Waals surface area contributed by atoms with Crippen LogP contribution in [-0.2, 0) is 12.8 Å². The number of hydrogen-bond donors (Lipinski definition) is 2. The summed E-state index contributed by atoms with van der Waals surface area (Å²) >= 11 is 5.79. The van der Waals surface area contributed by atoms with E-state index in [0.717, 1.165) is 43.2 Å². The van der Waals surface area contributed by atoms with Crippen LogP contribution in [0.3, 0.4) is 0 Å². The van der Waals surface area contributed by atoms with Crippen molar-refractivity contribution in [2.75, 3.05) is 26.7 Å². The van der Waals surface area contributed by atoms with Crippen molar-refractivity contribution in [2.24, 2.45) is 4.99 Å². The maximum atomic E-state index is 5.79. The molecule has 0 saturated heterocycles. The van der Waals surface area contributed by atoms with Gasteiger partial charge in [0.2, 0.25) is 0 Å². The van der Waals surface area contributed by atoms with E-state index in [0.29, 0.717) is 11.8 Å². The molecule has 0 spiro atoms. The molecule has 0 fully saturated rings. The van der Waals surface area contributed by atoms with E-state index in [2.05, 4.69) is 26.7 Å². The van der Waals surface area contributed by atoms with Gasteiger partial charge in [-0.1, -0.05) is 35.9 Å². The Hall–Kier alpha value is -1.54. The van der Waals surface area contributed by atoms with Crippen molar-refractivity contribution in [3.05, 3.63) is 58.9 Å². The molecule has 0 aliphatic carbocycles. The van der Waals surface area contributed by atoms with Crippen LogP contribution in [0.1, 0.15) is 18.1 Å². The average molecular weight is 489 g/mol. The van der Waals surface area contributed by atoms with Crippen molar-refractivity contribution in [1.82, 2.24) is 15.6 Å². The Morgan fingerprint density at radius 2 is 1.85 bits per heavy atom. The van der Waals surface area contributed by atoms with E-state index < -0.39 is 0 Å². The smallest absolute Gasteiger partial charge is 0.190 e. The summed E-state index contributed by atoms with van der Waals surface area (Å²) in [6.45, 7) is 4.23. The molecule has 2 aromatic rings. The van der Waals surface area contributed by atoms with Gasteiger partial charge in [0.05, 0.1) is 6.61 Å². The molecule has 1 aromatic carbocycles. The quantitative estimate of drug-likeness (QED) is 0.257. The lowest BCUT2D eigenvalue weighted by molar-refractivity contribution is 0.336. The Morgan fingerprint density at radius 1 is 1.12 bits per heavy atom. The van der Waals surface area contributed by atoms with Crippen LogP contribution in [0, 0.1) is 0 Å². The second kappa shape index (κ2) is 12.8. The molecule has 0 aliphatic rings. The number of nitrogens with one attached hydrogen (secondary N) is 2. The molecule has 5 nitrogen and oxygen atoms in total. The summed E-state index contributed by atoms with van der Waals surface area (Å²) in [6, 6.07) is 11.9. The van der Waals surface area contributed by atoms with Gasteiger partial charge in [-0.15, -0.1) is 24.0 Å². The lowest BCUT2D eigenvalue weighted by atomic mass is 10.1. The zero-order valence-electron chi connectivity index (χ0n) is 15.2. The van der Waals surface area contributed by atoms with Gasteiger partial charge in [-0.2, -0.15) is 0 Å². The van der Waals surface area contributed by atoms with Crippen molar-refractivity contribution < 1.29 is 4.74 Å². The van der Waals surface area contributed by atoms with Gasteiger partial charge in [0.1, 0.15) is 10.9 Å². The summed E-state index contributed by atoms with van der Waals surface area (Å²) in [7, 11) is 1.77. The minimum atomic E-state index is 0. The SMILES string of the molecule is CCOc1ccccc1CCNC(=NC)NCCc1ccc(Cl)nc1.I. The van der Waals surface area contributed by atoms with E-state index in [1.807, 2.05) is 31.2 Å².